The first-order valence-corrected chi connectivity index (χ1v) is 7.84. The van der Waals surface area contributed by atoms with Gasteiger partial charge in [-0.1, -0.05) is 27.7 Å². The molecule has 1 saturated heterocycles. The van der Waals surface area contributed by atoms with E-state index >= 15 is 0 Å². The molecule has 0 bridgehead atoms. The Morgan fingerprint density at radius 1 is 1.18 bits per heavy atom. The van der Waals surface area contributed by atoms with Crippen LogP contribution in [0.1, 0.15) is 33.9 Å². The third kappa shape index (κ3) is 2.77. The molecule has 0 spiro atoms. The molecule has 2 unspecified atom stereocenters. The molecule has 1 N–H and O–H groups in total. The van der Waals surface area contributed by atoms with Gasteiger partial charge in [0.1, 0.15) is 6.23 Å². The first-order chi connectivity index (χ1) is 10.3. The van der Waals surface area contributed by atoms with Crippen LogP contribution in [0, 0.1) is 23.7 Å². The van der Waals surface area contributed by atoms with Crippen LogP contribution in [0.5, 0.6) is 0 Å². The van der Waals surface area contributed by atoms with Crippen LogP contribution >= 0.6 is 0 Å². The van der Waals surface area contributed by atoms with Crippen LogP contribution in [0.2, 0.25) is 0 Å². The molecule has 0 aromatic carbocycles. The molecule has 0 saturated carbocycles. The SMILES string of the molecule is CC(C)C1C(C(C)C)[C@@H](CO)O[C@H]1n1ccc(=O)n(C)c1=O. The van der Waals surface area contributed by atoms with Crippen LogP contribution in [0.15, 0.2) is 21.9 Å². The lowest BCUT2D eigenvalue weighted by Gasteiger charge is -2.30. The molecule has 0 radical (unpaired) electrons. The fraction of sp³-hybridized carbons (Fsp3) is 0.750. The van der Waals surface area contributed by atoms with E-state index in [2.05, 4.69) is 27.7 Å². The Kier molecular flexibility index (Phi) is 4.92. The van der Waals surface area contributed by atoms with E-state index in [0.717, 1.165) is 4.57 Å². The number of ether oxygens (including phenoxy) is 1. The smallest absolute Gasteiger partial charge is 0.332 e. The number of aliphatic hydroxyl groups excluding tert-OH is 1. The molecule has 0 amide bonds. The monoisotopic (exact) mass is 310 g/mol. The number of rotatable bonds is 4. The molecule has 1 fully saturated rings. The summed E-state index contributed by atoms with van der Waals surface area (Å²) in [6.07, 6.45) is 0.757. The zero-order chi connectivity index (χ0) is 16.6. The number of nitrogens with zero attached hydrogens (tertiary/aromatic N) is 2. The summed E-state index contributed by atoms with van der Waals surface area (Å²) in [5.41, 5.74) is -0.719. The summed E-state index contributed by atoms with van der Waals surface area (Å²) in [4.78, 5) is 24.0. The van der Waals surface area contributed by atoms with Gasteiger partial charge in [-0.05, 0) is 17.8 Å². The van der Waals surface area contributed by atoms with Gasteiger partial charge in [-0.25, -0.2) is 4.79 Å². The average molecular weight is 310 g/mol. The van der Waals surface area contributed by atoms with E-state index in [-0.39, 0.29) is 41.7 Å². The summed E-state index contributed by atoms with van der Waals surface area (Å²) in [5.74, 6) is 0.891. The Balaban J connectivity index is 2.52. The molecular weight excluding hydrogens is 284 g/mol. The van der Waals surface area contributed by atoms with Gasteiger partial charge >= 0.3 is 5.69 Å². The van der Waals surface area contributed by atoms with Gasteiger partial charge in [0.05, 0.1) is 12.7 Å². The Labute approximate surface area is 130 Å². The fourth-order valence-electron chi connectivity index (χ4n) is 3.64. The molecule has 2 rings (SSSR count). The highest BCUT2D eigenvalue weighted by Gasteiger charge is 2.47. The second kappa shape index (κ2) is 6.38. The molecule has 1 aromatic rings. The zero-order valence-corrected chi connectivity index (χ0v) is 13.9. The minimum Gasteiger partial charge on any atom is -0.394 e. The van der Waals surface area contributed by atoms with Crippen molar-refractivity contribution in [1.29, 1.82) is 0 Å². The zero-order valence-electron chi connectivity index (χ0n) is 13.9. The minimum absolute atomic E-state index is 0.0664. The van der Waals surface area contributed by atoms with Crippen molar-refractivity contribution in [3.05, 3.63) is 33.1 Å². The number of aliphatic hydroxyl groups is 1. The standard InChI is InChI=1S/C16H26N2O4/c1-9(2)13-11(8-19)22-15(14(13)10(3)4)18-7-6-12(20)17(5)16(18)21/h6-7,9-11,13-15,19H,8H2,1-5H3/t11-,13?,14?,15-/m1/s1. The maximum atomic E-state index is 12.4. The summed E-state index contributed by atoms with van der Waals surface area (Å²) in [7, 11) is 1.46. The average Bonchev–Trinajstić information content (AvgIpc) is 2.84. The van der Waals surface area contributed by atoms with E-state index in [4.69, 9.17) is 4.74 Å². The molecular formula is C16H26N2O4. The molecule has 1 aromatic heterocycles. The van der Waals surface area contributed by atoms with E-state index in [9.17, 15) is 14.7 Å². The van der Waals surface area contributed by atoms with Gasteiger partial charge in [0.25, 0.3) is 5.56 Å². The predicted octanol–water partition coefficient (Wildman–Crippen LogP) is 0.981. The third-order valence-electron chi connectivity index (χ3n) is 4.73. The van der Waals surface area contributed by atoms with Crippen molar-refractivity contribution < 1.29 is 9.84 Å². The molecule has 4 atom stereocenters. The highest BCUT2D eigenvalue weighted by molar-refractivity contribution is 4.95. The molecule has 6 nitrogen and oxygen atoms in total. The van der Waals surface area contributed by atoms with E-state index < -0.39 is 6.23 Å². The molecule has 22 heavy (non-hydrogen) atoms. The van der Waals surface area contributed by atoms with Gasteiger partial charge in [0.15, 0.2) is 0 Å². The first kappa shape index (κ1) is 17.0. The third-order valence-corrected chi connectivity index (χ3v) is 4.73. The van der Waals surface area contributed by atoms with Gasteiger partial charge in [-0.2, -0.15) is 0 Å². The van der Waals surface area contributed by atoms with E-state index in [1.54, 1.807) is 0 Å². The second-order valence-electron chi connectivity index (χ2n) is 6.79. The van der Waals surface area contributed by atoms with Crippen LogP contribution in [-0.2, 0) is 11.8 Å². The van der Waals surface area contributed by atoms with Gasteiger partial charge in [-0.15, -0.1) is 0 Å². The molecule has 6 heteroatoms. The normalized spacial score (nSPS) is 28.7. The fourth-order valence-corrected chi connectivity index (χ4v) is 3.64. The molecule has 1 aliphatic rings. The lowest BCUT2D eigenvalue weighted by molar-refractivity contribution is -0.0448. The number of aromatic nitrogens is 2. The topological polar surface area (TPSA) is 73.5 Å². The Morgan fingerprint density at radius 3 is 2.27 bits per heavy atom. The van der Waals surface area contributed by atoms with E-state index in [0.29, 0.717) is 5.92 Å². The second-order valence-corrected chi connectivity index (χ2v) is 6.79. The summed E-state index contributed by atoms with van der Waals surface area (Å²) in [5, 5.41) is 9.65. The van der Waals surface area contributed by atoms with Crippen LogP contribution in [0.3, 0.4) is 0 Å². The maximum Gasteiger partial charge on any atom is 0.332 e. The van der Waals surface area contributed by atoms with Crippen molar-refractivity contribution in [3.8, 4) is 0 Å². The van der Waals surface area contributed by atoms with Crippen LogP contribution in [0.4, 0.5) is 0 Å². The molecule has 0 aliphatic carbocycles. The highest BCUT2D eigenvalue weighted by Crippen LogP contribution is 2.46. The molecule has 1 aliphatic heterocycles. The quantitative estimate of drug-likeness (QED) is 0.900. The predicted molar refractivity (Wildman–Crippen MR) is 83.6 cm³/mol. The summed E-state index contributed by atoms with van der Waals surface area (Å²) < 4.78 is 8.58. The van der Waals surface area contributed by atoms with Crippen LogP contribution < -0.4 is 11.2 Å². The van der Waals surface area contributed by atoms with Gasteiger partial charge in [-0.3, -0.25) is 13.9 Å². The van der Waals surface area contributed by atoms with Crippen molar-refractivity contribution in [2.45, 2.75) is 40.0 Å². The largest absolute Gasteiger partial charge is 0.394 e. The van der Waals surface area contributed by atoms with Crippen molar-refractivity contribution >= 4 is 0 Å². The Morgan fingerprint density at radius 2 is 1.77 bits per heavy atom. The Hall–Kier alpha value is -1.40. The number of hydrogen-bond donors (Lipinski definition) is 1. The molecule has 2 heterocycles. The van der Waals surface area contributed by atoms with Crippen molar-refractivity contribution in [2.24, 2.45) is 30.7 Å². The lowest BCUT2D eigenvalue weighted by Crippen LogP contribution is -2.41. The van der Waals surface area contributed by atoms with Gasteiger partial charge in [0, 0.05) is 25.2 Å². The summed E-state index contributed by atoms with van der Waals surface area (Å²) in [6.45, 7) is 8.35. The number of hydrogen-bond acceptors (Lipinski definition) is 4. The van der Waals surface area contributed by atoms with Gasteiger partial charge < -0.3 is 9.84 Å². The highest BCUT2D eigenvalue weighted by atomic mass is 16.5. The summed E-state index contributed by atoms with van der Waals surface area (Å²) >= 11 is 0. The van der Waals surface area contributed by atoms with Gasteiger partial charge in [0.2, 0.25) is 0 Å². The first-order valence-electron chi connectivity index (χ1n) is 7.84. The minimum atomic E-state index is -0.455. The summed E-state index contributed by atoms with van der Waals surface area (Å²) in [6, 6.07) is 1.37. The van der Waals surface area contributed by atoms with Crippen molar-refractivity contribution in [3.63, 3.8) is 0 Å². The maximum absolute atomic E-state index is 12.4. The van der Waals surface area contributed by atoms with Crippen molar-refractivity contribution in [2.75, 3.05) is 6.61 Å². The molecule has 124 valence electrons. The lowest BCUT2D eigenvalue weighted by atomic mass is 9.75. The van der Waals surface area contributed by atoms with E-state index in [1.807, 2.05) is 0 Å². The Bertz CT molecular complexity index is 632. The van der Waals surface area contributed by atoms with Crippen LogP contribution in [0.25, 0.3) is 0 Å². The van der Waals surface area contributed by atoms with Crippen molar-refractivity contribution in [1.82, 2.24) is 9.13 Å². The van der Waals surface area contributed by atoms with Crippen LogP contribution in [-0.4, -0.2) is 27.0 Å². The van der Waals surface area contributed by atoms with E-state index in [1.165, 1.54) is 23.9 Å².